The van der Waals surface area contributed by atoms with Gasteiger partial charge in [0.05, 0.1) is 7.11 Å². The van der Waals surface area contributed by atoms with Crippen LogP contribution in [0.1, 0.15) is 24.4 Å². The number of ether oxygens (including phenoxy) is 1. The Kier molecular flexibility index (Phi) is 5.38. The monoisotopic (exact) mass is 259 g/mol. The molecule has 0 bridgehead atoms. The summed E-state index contributed by atoms with van der Waals surface area (Å²) < 4.78 is 18.1. The van der Waals surface area contributed by atoms with E-state index in [-0.39, 0.29) is 24.2 Å². The molecule has 1 aromatic rings. The van der Waals surface area contributed by atoms with Crippen LogP contribution < -0.4 is 5.32 Å². The van der Waals surface area contributed by atoms with Crippen molar-refractivity contribution in [2.24, 2.45) is 0 Å². The zero-order chi connectivity index (χ0) is 12.8. The van der Waals surface area contributed by atoms with Crippen LogP contribution in [0.3, 0.4) is 0 Å². The van der Waals surface area contributed by atoms with Crippen LogP contribution in [0.2, 0.25) is 5.02 Å². The second-order valence-corrected chi connectivity index (χ2v) is 4.06. The van der Waals surface area contributed by atoms with Gasteiger partial charge in [0, 0.05) is 23.0 Å². The zero-order valence-corrected chi connectivity index (χ0v) is 10.6. The fourth-order valence-corrected chi connectivity index (χ4v) is 1.78. The van der Waals surface area contributed by atoms with Crippen molar-refractivity contribution in [1.29, 1.82) is 0 Å². The molecule has 1 unspecified atom stereocenters. The van der Waals surface area contributed by atoms with Gasteiger partial charge in [-0.2, -0.15) is 0 Å². The summed E-state index contributed by atoms with van der Waals surface area (Å²) in [6.45, 7) is 0. The van der Waals surface area contributed by atoms with Crippen molar-refractivity contribution in [2.45, 2.75) is 18.9 Å². The van der Waals surface area contributed by atoms with E-state index in [1.165, 1.54) is 19.2 Å². The molecule has 3 nitrogen and oxygen atoms in total. The lowest BCUT2D eigenvalue weighted by atomic mass is 10.0. The Morgan fingerprint density at radius 3 is 2.88 bits per heavy atom. The van der Waals surface area contributed by atoms with Crippen LogP contribution in [0.25, 0.3) is 0 Å². The molecule has 0 amide bonds. The van der Waals surface area contributed by atoms with E-state index in [0.29, 0.717) is 17.0 Å². The summed E-state index contributed by atoms with van der Waals surface area (Å²) in [6.07, 6.45) is 0.689. The van der Waals surface area contributed by atoms with E-state index < -0.39 is 0 Å². The molecule has 0 saturated heterocycles. The van der Waals surface area contributed by atoms with Crippen LogP contribution in [-0.4, -0.2) is 20.1 Å². The molecule has 5 heteroatoms. The van der Waals surface area contributed by atoms with Gasteiger partial charge in [-0.1, -0.05) is 11.6 Å². The number of methoxy groups -OCH3 is 1. The van der Waals surface area contributed by atoms with Gasteiger partial charge < -0.3 is 10.1 Å². The van der Waals surface area contributed by atoms with Crippen LogP contribution in [0.4, 0.5) is 4.39 Å². The Hall–Kier alpha value is -1.13. The fourth-order valence-electron chi connectivity index (χ4n) is 1.60. The molecule has 0 radical (unpaired) electrons. The normalized spacial score (nSPS) is 12.2. The minimum Gasteiger partial charge on any atom is -0.469 e. The third-order valence-electron chi connectivity index (χ3n) is 2.55. The lowest BCUT2D eigenvalue weighted by Crippen LogP contribution is -2.19. The third-order valence-corrected chi connectivity index (χ3v) is 2.78. The van der Waals surface area contributed by atoms with E-state index in [1.807, 2.05) is 0 Å². The molecular formula is C12H15ClFNO2. The van der Waals surface area contributed by atoms with Crippen LogP contribution in [0, 0.1) is 5.82 Å². The average molecular weight is 260 g/mol. The van der Waals surface area contributed by atoms with E-state index in [2.05, 4.69) is 10.1 Å². The molecule has 17 heavy (non-hydrogen) atoms. The molecule has 1 rings (SSSR count). The van der Waals surface area contributed by atoms with Crippen LogP contribution in [0.15, 0.2) is 18.2 Å². The number of rotatable bonds is 5. The Labute approximate surface area is 105 Å². The number of esters is 1. The summed E-state index contributed by atoms with van der Waals surface area (Å²) in [5.41, 5.74) is 0.462. The standard InChI is InChI=1S/C12H15ClFNO2/c1-15-11(5-6-12(16)17-2)9-7-8(13)3-4-10(9)14/h3-4,7,11,15H,5-6H2,1-2H3. The SMILES string of the molecule is CNC(CCC(=O)OC)c1cc(Cl)ccc1F. The lowest BCUT2D eigenvalue weighted by Gasteiger charge is -2.17. The summed E-state index contributed by atoms with van der Waals surface area (Å²) in [6, 6.07) is 4.12. The maximum absolute atomic E-state index is 13.6. The lowest BCUT2D eigenvalue weighted by molar-refractivity contribution is -0.140. The number of nitrogens with one attached hydrogen (secondary N) is 1. The van der Waals surface area contributed by atoms with Gasteiger partial charge in [-0.15, -0.1) is 0 Å². The first-order chi connectivity index (χ1) is 8.08. The van der Waals surface area contributed by atoms with Gasteiger partial charge in [0.1, 0.15) is 5.82 Å². The van der Waals surface area contributed by atoms with Gasteiger partial charge >= 0.3 is 5.97 Å². The molecule has 0 spiro atoms. The van der Waals surface area contributed by atoms with Crippen molar-refractivity contribution in [1.82, 2.24) is 5.32 Å². The minimum absolute atomic E-state index is 0.230. The summed E-state index contributed by atoms with van der Waals surface area (Å²) in [5, 5.41) is 3.43. The number of carbonyl (C=O) groups excluding carboxylic acids is 1. The van der Waals surface area contributed by atoms with E-state index in [1.54, 1.807) is 13.1 Å². The van der Waals surface area contributed by atoms with Crippen molar-refractivity contribution >= 4 is 17.6 Å². The summed E-state index contributed by atoms with van der Waals surface area (Å²) >= 11 is 5.82. The number of benzene rings is 1. The maximum atomic E-state index is 13.6. The molecule has 0 fully saturated rings. The number of hydrogen-bond donors (Lipinski definition) is 1. The first-order valence-electron chi connectivity index (χ1n) is 5.27. The molecule has 0 aromatic heterocycles. The summed E-state index contributed by atoms with van der Waals surface area (Å²) in [4.78, 5) is 11.0. The fraction of sp³-hybridized carbons (Fsp3) is 0.417. The molecule has 1 atom stereocenters. The summed E-state index contributed by atoms with van der Waals surface area (Å²) in [5.74, 6) is -0.647. The van der Waals surface area contributed by atoms with E-state index in [0.717, 1.165) is 0 Å². The average Bonchev–Trinajstić information content (AvgIpc) is 2.33. The van der Waals surface area contributed by atoms with Crippen LogP contribution >= 0.6 is 11.6 Å². The highest BCUT2D eigenvalue weighted by atomic mass is 35.5. The predicted molar refractivity (Wildman–Crippen MR) is 64.5 cm³/mol. The zero-order valence-electron chi connectivity index (χ0n) is 9.80. The van der Waals surface area contributed by atoms with Crippen molar-refractivity contribution in [3.8, 4) is 0 Å². The van der Waals surface area contributed by atoms with Crippen molar-refractivity contribution < 1.29 is 13.9 Å². The Morgan fingerprint density at radius 1 is 1.59 bits per heavy atom. The molecule has 1 N–H and O–H groups in total. The molecule has 0 saturated carbocycles. The van der Waals surface area contributed by atoms with Crippen LogP contribution in [0.5, 0.6) is 0 Å². The topological polar surface area (TPSA) is 38.3 Å². The Bertz CT molecular complexity index is 398. The van der Waals surface area contributed by atoms with Gasteiger partial charge in [0.15, 0.2) is 0 Å². The van der Waals surface area contributed by atoms with Gasteiger partial charge in [-0.25, -0.2) is 4.39 Å². The third kappa shape index (κ3) is 3.98. The highest BCUT2D eigenvalue weighted by Gasteiger charge is 2.16. The molecule has 0 aliphatic heterocycles. The van der Waals surface area contributed by atoms with Gasteiger partial charge in [0.2, 0.25) is 0 Å². The minimum atomic E-state index is -0.335. The van der Waals surface area contributed by atoms with E-state index in [9.17, 15) is 9.18 Å². The highest BCUT2D eigenvalue weighted by molar-refractivity contribution is 6.30. The second-order valence-electron chi connectivity index (χ2n) is 3.62. The molecule has 0 aliphatic rings. The quantitative estimate of drug-likeness (QED) is 0.827. The Balaban J connectivity index is 2.78. The maximum Gasteiger partial charge on any atom is 0.305 e. The van der Waals surface area contributed by atoms with Gasteiger partial charge in [0.25, 0.3) is 0 Å². The molecule has 0 aliphatic carbocycles. The van der Waals surface area contributed by atoms with E-state index >= 15 is 0 Å². The molecule has 1 aromatic carbocycles. The molecular weight excluding hydrogens is 245 g/mol. The number of halogens is 2. The smallest absolute Gasteiger partial charge is 0.305 e. The summed E-state index contributed by atoms with van der Waals surface area (Å²) in [7, 11) is 3.04. The number of hydrogen-bond acceptors (Lipinski definition) is 3. The van der Waals surface area contributed by atoms with Gasteiger partial charge in [-0.05, 0) is 31.7 Å². The predicted octanol–water partition coefficient (Wildman–Crippen LogP) is 2.69. The number of carbonyl (C=O) groups is 1. The first kappa shape index (κ1) is 13.9. The van der Waals surface area contributed by atoms with Crippen LogP contribution in [-0.2, 0) is 9.53 Å². The first-order valence-corrected chi connectivity index (χ1v) is 5.65. The Morgan fingerprint density at radius 2 is 2.29 bits per heavy atom. The highest BCUT2D eigenvalue weighted by Crippen LogP contribution is 2.24. The van der Waals surface area contributed by atoms with E-state index in [4.69, 9.17) is 11.6 Å². The van der Waals surface area contributed by atoms with Crippen molar-refractivity contribution in [3.63, 3.8) is 0 Å². The molecule has 94 valence electrons. The van der Waals surface area contributed by atoms with Crippen molar-refractivity contribution in [3.05, 3.63) is 34.6 Å². The largest absolute Gasteiger partial charge is 0.469 e. The second kappa shape index (κ2) is 6.57. The van der Waals surface area contributed by atoms with Crippen molar-refractivity contribution in [2.75, 3.05) is 14.2 Å². The molecule has 0 heterocycles. The van der Waals surface area contributed by atoms with Gasteiger partial charge in [-0.3, -0.25) is 4.79 Å².